The molecule has 0 radical (unpaired) electrons. The maximum absolute atomic E-state index is 11.8. The zero-order valence-corrected chi connectivity index (χ0v) is 11.2. The lowest BCUT2D eigenvalue weighted by Crippen LogP contribution is -2.30. The summed E-state index contributed by atoms with van der Waals surface area (Å²) in [6.45, 7) is 5.37. The third-order valence-corrected chi connectivity index (χ3v) is 2.61. The molecule has 6 nitrogen and oxygen atoms in total. The summed E-state index contributed by atoms with van der Waals surface area (Å²) in [5.74, 6) is -1.07. The highest BCUT2D eigenvalue weighted by Gasteiger charge is 2.15. The first-order valence-corrected chi connectivity index (χ1v) is 6.21. The normalized spacial score (nSPS) is 10.9. The molecule has 1 aromatic heterocycles. The molecule has 0 spiro atoms. The Morgan fingerprint density at radius 3 is 2.32 bits per heavy atom. The molecule has 0 aliphatic rings. The van der Waals surface area contributed by atoms with Crippen LogP contribution in [-0.2, 0) is 9.47 Å². The molecule has 0 aromatic carbocycles. The Labute approximate surface area is 111 Å². The number of pyridine rings is 1. The van der Waals surface area contributed by atoms with Crippen LogP contribution in [0.3, 0.4) is 0 Å². The summed E-state index contributed by atoms with van der Waals surface area (Å²) < 4.78 is 12.0. The zero-order valence-electron chi connectivity index (χ0n) is 11.2. The van der Waals surface area contributed by atoms with E-state index >= 15 is 0 Å². The van der Waals surface area contributed by atoms with Crippen LogP contribution in [0.2, 0.25) is 0 Å². The molecule has 1 rings (SSSR count). The number of nitrogens with zero attached hydrogens (tertiary/aromatic N) is 1. The van der Waals surface area contributed by atoms with Crippen molar-refractivity contribution in [3.05, 3.63) is 34.2 Å². The van der Waals surface area contributed by atoms with Crippen molar-refractivity contribution in [2.75, 3.05) is 26.4 Å². The van der Waals surface area contributed by atoms with Crippen LogP contribution in [0, 0.1) is 0 Å². The first-order chi connectivity index (χ1) is 9.10. The molecular weight excluding hydrogens is 250 g/mol. The standard InChI is InChI=1S/C13H19NO5/c1-3-18-8-11(9-19-4-2)14-7-10(13(16)17)5-6-12(14)15/h5-7,11H,3-4,8-9H2,1-2H3,(H,16,17). The Kier molecular flexibility index (Phi) is 6.24. The van der Waals surface area contributed by atoms with Crippen LogP contribution in [0.15, 0.2) is 23.1 Å². The second kappa shape index (κ2) is 7.70. The van der Waals surface area contributed by atoms with Gasteiger partial charge in [-0.3, -0.25) is 4.79 Å². The molecule has 0 amide bonds. The lowest BCUT2D eigenvalue weighted by atomic mass is 10.2. The highest BCUT2D eigenvalue weighted by molar-refractivity contribution is 5.87. The predicted octanol–water partition coefficient (Wildman–Crippen LogP) is 1.16. The second-order valence-corrected chi connectivity index (χ2v) is 3.94. The molecule has 106 valence electrons. The number of hydrogen-bond acceptors (Lipinski definition) is 4. The summed E-state index contributed by atoms with van der Waals surface area (Å²) in [5, 5.41) is 8.96. The summed E-state index contributed by atoms with van der Waals surface area (Å²) in [6.07, 6.45) is 1.33. The summed E-state index contributed by atoms with van der Waals surface area (Å²) in [6, 6.07) is 2.21. The molecule has 6 heteroatoms. The Morgan fingerprint density at radius 2 is 1.84 bits per heavy atom. The highest BCUT2D eigenvalue weighted by atomic mass is 16.5. The van der Waals surface area contributed by atoms with Gasteiger partial charge in [-0.25, -0.2) is 4.79 Å². The van der Waals surface area contributed by atoms with Crippen LogP contribution in [0.4, 0.5) is 0 Å². The lowest BCUT2D eigenvalue weighted by molar-refractivity contribution is 0.0510. The number of aromatic nitrogens is 1. The number of carbonyl (C=O) groups is 1. The zero-order chi connectivity index (χ0) is 14.3. The summed E-state index contributed by atoms with van der Waals surface area (Å²) in [5.41, 5.74) is -0.202. The van der Waals surface area contributed by atoms with Gasteiger partial charge in [0.1, 0.15) is 0 Å². The van der Waals surface area contributed by atoms with Gasteiger partial charge in [-0.1, -0.05) is 0 Å². The average molecular weight is 269 g/mol. The van der Waals surface area contributed by atoms with E-state index in [0.717, 1.165) is 0 Å². The van der Waals surface area contributed by atoms with Crippen LogP contribution in [-0.4, -0.2) is 42.1 Å². The van der Waals surface area contributed by atoms with Crippen molar-refractivity contribution in [2.45, 2.75) is 19.9 Å². The molecule has 0 fully saturated rings. The Bertz CT molecular complexity index is 460. The van der Waals surface area contributed by atoms with E-state index in [2.05, 4.69) is 0 Å². The van der Waals surface area contributed by atoms with E-state index in [1.165, 1.54) is 22.9 Å². The van der Waals surface area contributed by atoms with Crippen molar-refractivity contribution in [3.63, 3.8) is 0 Å². The van der Waals surface area contributed by atoms with Gasteiger partial charge in [-0.05, 0) is 19.9 Å². The van der Waals surface area contributed by atoms with Gasteiger partial charge in [0.05, 0.1) is 24.8 Å². The number of hydrogen-bond donors (Lipinski definition) is 1. The number of carboxylic acid groups (broad SMARTS) is 1. The summed E-state index contributed by atoms with van der Waals surface area (Å²) >= 11 is 0. The third-order valence-electron chi connectivity index (χ3n) is 2.61. The van der Waals surface area contributed by atoms with Gasteiger partial charge in [-0.2, -0.15) is 0 Å². The van der Waals surface area contributed by atoms with E-state index < -0.39 is 5.97 Å². The van der Waals surface area contributed by atoms with E-state index in [4.69, 9.17) is 14.6 Å². The van der Waals surface area contributed by atoms with Gasteiger partial charge in [0, 0.05) is 25.5 Å². The molecule has 0 aliphatic carbocycles. The lowest BCUT2D eigenvalue weighted by Gasteiger charge is -2.19. The van der Waals surface area contributed by atoms with Gasteiger partial charge < -0.3 is 19.1 Å². The second-order valence-electron chi connectivity index (χ2n) is 3.94. The predicted molar refractivity (Wildman–Crippen MR) is 69.7 cm³/mol. The molecule has 1 heterocycles. The summed E-state index contributed by atoms with van der Waals surface area (Å²) in [7, 11) is 0. The topological polar surface area (TPSA) is 77.8 Å². The number of rotatable bonds is 8. The SMILES string of the molecule is CCOCC(COCC)n1cc(C(=O)O)ccc1=O. The molecular formula is C13H19NO5. The maximum Gasteiger partial charge on any atom is 0.337 e. The van der Waals surface area contributed by atoms with Crippen LogP contribution in [0.5, 0.6) is 0 Å². The van der Waals surface area contributed by atoms with E-state index in [9.17, 15) is 9.59 Å². The molecule has 0 bridgehead atoms. The van der Waals surface area contributed by atoms with Crippen LogP contribution < -0.4 is 5.56 Å². The molecule has 0 unspecified atom stereocenters. The monoisotopic (exact) mass is 269 g/mol. The van der Waals surface area contributed by atoms with Crippen molar-refractivity contribution in [2.24, 2.45) is 0 Å². The van der Waals surface area contributed by atoms with Crippen molar-refractivity contribution in [3.8, 4) is 0 Å². The molecule has 19 heavy (non-hydrogen) atoms. The first-order valence-electron chi connectivity index (χ1n) is 6.21. The number of carboxylic acids is 1. The number of ether oxygens (including phenoxy) is 2. The average Bonchev–Trinajstić information content (AvgIpc) is 2.40. The van der Waals surface area contributed by atoms with Gasteiger partial charge in [0.15, 0.2) is 0 Å². The molecule has 0 aliphatic heterocycles. The smallest absolute Gasteiger partial charge is 0.337 e. The van der Waals surface area contributed by atoms with Crippen molar-refractivity contribution in [1.29, 1.82) is 0 Å². The molecule has 1 aromatic rings. The van der Waals surface area contributed by atoms with Crippen LogP contribution >= 0.6 is 0 Å². The fourth-order valence-electron chi connectivity index (χ4n) is 1.63. The van der Waals surface area contributed by atoms with Gasteiger partial charge in [0.2, 0.25) is 0 Å². The largest absolute Gasteiger partial charge is 0.478 e. The Balaban J connectivity index is 3.01. The molecule has 0 saturated carbocycles. The van der Waals surface area contributed by atoms with Crippen LogP contribution in [0.25, 0.3) is 0 Å². The van der Waals surface area contributed by atoms with E-state index in [0.29, 0.717) is 26.4 Å². The minimum Gasteiger partial charge on any atom is -0.478 e. The van der Waals surface area contributed by atoms with Crippen molar-refractivity contribution < 1.29 is 19.4 Å². The Morgan fingerprint density at radius 1 is 1.26 bits per heavy atom. The summed E-state index contributed by atoms with van der Waals surface area (Å²) in [4.78, 5) is 22.8. The fourth-order valence-corrected chi connectivity index (χ4v) is 1.63. The quantitative estimate of drug-likeness (QED) is 0.766. The molecule has 1 N–H and O–H groups in total. The maximum atomic E-state index is 11.8. The van der Waals surface area contributed by atoms with Gasteiger partial charge in [-0.15, -0.1) is 0 Å². The van der Waals surface area contributed by atoms with Crippen molar-refractivity contribution in [1.82, 2.24) is 4.57 Å². The molecule has 0 saturated heterocycles. The highest BCUT2D eigenvalue weighted by Crippen LogP contribution is 2.07. The minimum absolute atomic E-state index is 0.0672. The number of aromatic carboxylic acids is 1. The van der Waals surface area contributed by atoms with E-state index in [1.807, 2.05) is 13.8 Å². The van der Waals surface area contributed by atoms with E-state index in [1.54, 1.807) is 0 Å². The van der Waals surface area contributed by atoms with Crippen LogP contribution in [0.1, 0.15) is 30.2 Å². The van der Waals surface area contributed by atoms with E-state index in [-0.39, 0.29) is 17.2 Å². The fraction of sp³-hybridized carbons (Fsp3) is 0.538. The first kappa shape index (κ1) is 15.4. The van der Waals surface area contributed by atoms with Gasteiger partial charge in [0.25, 0.3) is 5.56 Å². The van der Waals surface area contributed by atoms with Gasteiger partial charge >= 0.3 is 5.97 Å². The van der Waals surface area contributed by atoms with Crippen molar-refractivity contribution >= 4 is 5.97 Å². The minimum atomic E-state index is -1.07. The third kappa shape index (κ3) is 4.50. The Hall–Kier alpha value is -1.66. The molecule has 0 atom stereocenters.